The van der Waals surface area contributed by atoms with Crippen LogP contribution in [-0.2, 0) is 19.1 Å². The van der Waals surface area contributed by atoms with Crippen LogP contribution in [-0.4, -0.2) is 83.8 Å². The van der Waals surface area contributed by atoms with Gasteiger partial charge in [0.2, 0.25) is 5.91 Å². The van der Waals surface area contributed by atoms with Gasteiger partial charge in [0.15, 0.2) is 0 Å². The number of likely N-dealkylation sites (tertiary alicyclic amines) is 1. The molecule has 0 spiro atoms. The first-order valence-electron chi connectivity index (χ1n) is 15.0. The summed E-state index contributed by atoms with van der Waals surface area (Å²) in [5.74, 6) is -1.60. The van der Waals surface area contributed by atoms with Crippen molar-refractivity contribution >= 4 is 35.1 Å². The Kier molecular flexibility index (Phi) is 11.7. The Morgan fingerprint density at radius 2 is 1.45 bits per heavy atom. The lowest BCUT2D eigenvalue weighted by atomic mass is 9.84. The zero-order chi connectivity index (χ0) is 32.6. The molecule has 10 heteroatoms. The number of piperidine rings is 1. The van der Waals surface area contributed by atoms with Gasteiger partial charge in [-0.2, -0.15) is 0 Å². The van der Waals surface area contributed by atoms with Crippen LogP contribution in [0.1, 0.15) is 80.1 Å². The minimum Gasteiger partial charge on any atom is -0.480 e. The Hall–Kier alpha value is -4.18. The van der Waals surface area contributed by atoms with E-state index in [-0.39, 0.29) is 18.6 Å². The molecular formula is C34H45N3O7. The van der Waals surface area contributed by atoms with Gasteiger partial charge in [-0.05, 0) is 113 Å². The van der Waals surface area contributed by atoms with Crippen molar-refractivity contribution in [3.8, 4) is 0 Å². The molecule has 10 nitrogen and oxygen atoms in total. The Bertz CT molecular complexity index is 1370. The molecule has 0 saturated carbocycles. The number of aryl methyl sites for hydroxylation is 2. The summed E-state index contributed by atoms with van der Waals surface area (Å²) in [5.41, 5.74) is 6.73. The maximum absolute atomic E-state index is 13.0. The first kappa shape index (κ1) is 34.3. The van der Waals surface area contributed by atoms with Gasteiger partial charge >= 0.3 is 12.1 Å². The zero-order valence-corrected chi connectivity index (χ0v) is 26.9. The van der Waals surface area contributed by atoms with Crippen LogP contribution in [0.15, 0.2) is 42.0 Å². The van der Waals surface area contributed by atoms with Crippen molar-refractivity contribution in [3.05, 3.63) is 69.8 Å². The zero-order valence-electron chi connectivity index (χ0n) is 26.9. The number of hydrogen-bond donors (Lipinski definition) is 2. The summed E-state index contributed by atoms with van der Waals surface area (Å²) < 4.78 is 10.5. The second-order valence-corrected chi connectivity index (χ2v) is 11.9. The average molecular weight is 608 g/mol. The number of carboxylic acids is 1. The molecular weight excluding hydrogens is 562 g/mol. The lowest BCUT2D eigenvalue weighted by Gasteiger charge is -2.32. The van der Waals surface area contributed by atoms with E-state index < -0.39 is 24.1 Å². The monoisotopic (exact) mass is 607 g/mol. The fourth-order valence-corrected chi connectivity index (χ4v) is 5.39. The molecule has 2 N–H and O–H groups in total. The molecule has 1 aliphatic rings. The molecule has 0 atom stereocenters. The highest BCUT2D eigenvalue weighted by molar-refractivity contribution is 5.96. The molecule has 1 heterocycles. The van der Waals surface area contributed by atoms with Gasteiger partial charge in [-0.25, -0.2) is 9.59 Å². The number of nitrogens with zero attached hydrogens (tertiary/aromatic N) is 2. The molecule has 3 rings (SSSR count). The standard InChI is InChI=1S/C34H45N3O7/c1-8-36(9-2)32(41)26-12-10-24(11-13-26)31(25-14-16-37(17-15-25)33(42)44-34(5,6)7)30-22(3)18-27(19-23(30)4)35-28(38)20-43-21-29(39)40/h10-13,18-19H,8-9,14-17,20-21H2,1-7H3,(H,35,38)(H,39,40). The lowest BCUT2D eigenvalue weighted by Crippen LogP contribution is -2.40. The number of carboxylic acid groups (broad SMARTS) is 1. The third-order valence-corrected chi connectivity index (χ3v) is 7.37. The van der Waals surface area contributed by atoms with Crippen molar-refractivity contribution in [1.82, 2.24) is 9.80 Å². The first-order chi connectivity index (χ1) is 20.7. The summed E-state index contributed by atoms with van der Waals surface area (Å²) in [6, 6.07) is 11.4. The van der Waals surface area contributed by atoms with Crippen LogP contribution in [0.3, 0.4) is 0 Å². The van der Waals surface area contributed by atoms with Crippen molar-refractivity contribution < 1.29 is 33.8 Å². The number of rotatable bonds is 10. The SMILES string of the molecule is CCN(CC)C(=O)c1ccc(C(=C2CCN(C(=O)OC(C)(C)C)CC2)c2c(C)cc(NC(=O)COCC(=O)O)cc2C)cc1. The summed E-state index contributed by atoms with van der Waals surface area (Å²) in [7, 11) is 0. The number of carbonyl (C=O) groups excluding carboxylic acids is 3. The molecule has 3 amide bonds. The Labute approximate surface area is 260 Å². The van der Waals surface area contributed by atoms with Crippen LogP contribution in [0, 0.1) is 13.8 Å². The number of ether oxygens (including phenoxy) is 2. The minimum absolute atomic E-state index is 0.0128. The van der Waals surface area contributed by atoms with Gasteiger partial charge in [-0.3, -0.25) is 9.59 Å². The molecule has 2 aromatic carbocycles. The van der Waals surface area contributed by atoms with E-state index in [2.05, 4.69) is 5.32 Å². The van der Waals surface area contributed by atoms with Crippen LogP contribution >= 0.6 is 0 Å². The average Bonchev–Trinajstić information content (AvgIpc) is 2.94. The molecule has 1 aliphatic heterocycles. The third kappa shape index (κ3) is 9.16. The molecule has 44 heavy (non-hydrogen) atoms. The third-order valence-electron chi connectivity index (χ3n) is 7.37. The van der Waals surface area contributed by atoms with Gasteiger partial charge in [-0.15, -0.1) is 0 Å². The predicted molar refractivity (Wildman–Crippen MR) is 170 cm³/mol. The summed E-state index contributed by atoms with van der Waals surface area (Å²) in [5, 5.41) is 11.5. The highest BCUT2D eigenvalue weighted by Gasteiger charge is 2.27. The first-order valence-corrected chi connectivity index (χ1v) is 15.0. The number of amides is 3. The fraction of sp³-hybridized carbons (Fsp3) is 0.471. The molecule has 0 aliphatic carbocycles. The molecule has 0 radical (unpaired) electrons. The van der Waals surface area contributed by atoms with Gasteiger partial charge < -0.3 is 29.7 Å². The molecule has 0 aromatic heterocycles. The second-order valence-electron chi connectivity index (χ2n) is 11.9. The van der Waals surface area contributed by atoms with E-state index in [1.54, 1.807) is 9.80 Å². The number of anilines is 1. The van der Waals surface area contributed by atoms with Gasteiger partial charge in [0.1, 0.15) is 18.8 Å². The van der Waals surface area contributed by atoms with Crippen LogP contribution in [0.5, 0.6) is 0 Å². The van der Waals surface area contributed by atoms with Crippen LogP contribution in [0.2, 0.25) is 0 Å². The van der Waals surface area contributed by atoms with E-state index in [0.717, 1.165) is 27.8 Å². The number of carbonyl (C=O) groups is 4. The normalized spacial score (nSPS) is 13.3. The van der Waals surface area contributed by atoms with Crippen molar-refractivity contribution in [1.29, 1.82) is 0 Å². The molecule has 2 aromatic rings. The molecule has 0 unspecified atom stereocenters. The van der Waals surface area contributed by atoms with E-state index in [9.17, 15) is 19.2 Å². The smallest absolute Gasteiger partial charge is 0.410 e. The number of hydrogen-bond acceptors (Lipinski definition) is 6. The molecule has 0 bridgehead atoms. The lowest BCUT2D eigenvalue weighted by molar-refractivity contribution is -0.143. The van der Waals surface area contributed by atoms with Gasteiger partial charge in [0.05, 0.1) is 0 Å². The van der Waals surface area contributed by atoms with Gasteiger partial charge in [0, 0.05) is 37.4 Å². The highest BCUT2D eigenvalue weighted by atomic mass is 16.6. The summed E-state index contributed by atoms with van der Waals surface area (Å²) in [6.45, 7) is 14.8. The number of aliphatic carboxylic acids is 1. The van der Waals surface area contributed by atoms with Crippen LogP contribution < -0.4 is 5.32 Å². The predicted octanol–water partition coefficient (Wildman–Crippen LogP) is 5.66. The summed E-state index contributed by atoms with van der Waals surface area (Å²) in [6.07, 6.45) is 0.997. The van der Waals surface area contributed by atoms with Crippen LogP contribution in [0.4, 0.5) is 10.5 Å². The second kappa shape index (κ2) is 15.0. The minimum atomic E-state index is -1.14. The Morgan fingerprint density at radius 1 is 0.909 bits per heavy atom. The number of nitrogens with one attached hydrogen (secondary N) is 1. The van der Waals surface area contributed by atoms with Crippen LogP contribution in [0.25, 0.3) is 5.57 Å². The Morgan fingerprint density at radius 3 is 1.95 bits per heavy atom. The van der Waals surface area contributed by atoms with Crippen molar-refractivity contribution in [3.63, 3.8) is 0 Å². The van der Waals surface area contributed by atoms with E-state index in [1.807, 2.05) is 84.9 Å². The number of benzene rings is 2. The van der Waals surface area contributed by atoms with E-state index in [4.69, 9.17) is 14.6 Å². The van der Waals surface area contributed by atoms with Gasteiger partial charge in [0.25, 0.3) is 5.91 Å². The quantitative estimate of drug-likeness (QED) is 0.357. The van der Waals surface area contributed by atoms with E-state index in [0.29, 0.717) is 50.3 Å². The molecule has 1 saturated heterocycles. The topological polar surface area (TPSA) is 125 Å². The van der Waals surface area contributed by atoms with E-state index in [1.165, 1.54) is 5.57 Å². The summed E-state index contributed by atoms with van der Waals surface area (Å²) in [4.78, 5) is 52.3. The fourth-order valence-electron chi connectivity index (χ4n) is 5.39. The van der Waals surface area contributed by atoms with E-state index >= 15 is 0 Å². The molecule has 1 fully saturated rings. The highest BCUT2D eigenvalue weighted by Crippen LogP contribution is 2.37. The maximum atomic E-state index is 13.0. The van der Waals surface area contributed by atoms with Crippen molar-refractivity contribution in [2.75, 3.05) is 44.7 Å². The Balaban J connectivity index is 1.98. The maximum Gasteiger partial charge on any atom is 0.410 e. The van der Waals surface area contributed by atoms with Crippen molar-refractivity contribution in [2.45, 2.75) is 66.9 Å². The largest absolute Gasteiger partial charge is 0.480 e. The van der Waals surface area contributed by atoms with Crippen molar-refractivity contribution in [2.24, 2.45) is 0 Å². The molecule has 238 valence electrons. The van der Waals surface area contributed by atoms with Gasteiger partial charge in [-0.1, -0.05) is 17.7 Å². The summed E-state index contributed by atoms with van der Waals surface area (Å²) >= 11 is 0.